The second kappa shape index (κ2) is 9.05. The highest BCUT2D eigenvalue weighted by atomic mass is 16.5. The van der Waals surface area contributed by atoms with E-state index in [2.05, 4.69) is 10.3 Å². The van der Waals surface area contributed by atoms with Crippen molar-refractivity contribution in [3.05, 3.63) is 108 Å². The number of para-hydroxylation sites is 1. The van der Waals surface area contributed by atoms with Crippen LogP contribution in [0, 0.1) is 0 Å². The number of carbonyl (C=O) groups excluding carboxylic acids is 1. The van der Waals surface area contributed by atoms with E-state index in [-0.39, 0.29) is 5.91 Å². The number of benzene rings is 3. The largest absolute Gasteiger partial charge is 0.487 e. The predicted octanol–water partition coefficient (Wildman–Crippen LogP) is 5.10. The minimum Gasteiger partial charge on any atom is -0.487 e. The maximum Gasteiger partial charge on any atom is 0.251 e. The zero-order valence-electron chi connectivity index (χ0n) is 16.7. The topological polar surface area (TPSA) is 51.2 Å². The first-order chi connectivity index (χ1) is 14.7. The molecule has 0 atom stereocenters. The minimum absolute atomic E-state index is 0.132. The van der Waals surface area contributed by atoms with Crippen molar-refractivity contribution >= 4 is 28.5 Å². The van der Waals surface area contributed by atoms with Gasteiger partial charge in [0.1, 0.15) is 12.4 Å². The summed E-state index contributed by atoms with van der Waals surface area (Å²) in [6.07, 6.45) is 1.88. The number of hydrogen-bond donors (Lipinski definition) is 1. The summed E-state index contributed by atoms with van der Waals surface area (Å²) in [4.78, 5) is 17.0. The summed E-state index contributed by atoms with van der Waals surface area (Å²) < 4.78 is 5.90. The first-order valence-corrected chi connectivity index (χ1v) is 9.80. The summed E-state index contributed by atoms with van der Waals surface area (Å²) >= 11 is 0. The minimum atomic E-state index is -0.132. The molecule has 0 radical (unpaired) electrons. The van der Waals surface area contributed by atoms with E-state index in [9.17, 15) is 4.79 Å². The fourth-order valence-electron chi connectivity index (χ4n) is 3.21. The van der Waals surface area contributed by atoms with Crippen molar-refractivity contribution in [1.29, 1.82) is 0 Å². The average Bonchev–Trinajstić information content (AvgIpc) is 2.81. The molecule has 0 aliphatic rings. The third-order valence-electron chi connectivity index (χ3n) is 4.79. The van der Waals surface area contributed by atoms with Crippen LogP contribution in [-0.2, 0) is 11.4 Å². The lowest BCUT2D eigenvalue weighted by molar-refractivity contribution is -0.115. The van der Waals surface area contributed by atoms with Gasteiger partial charge in [0.25, 0.3) is 5.91 Å². The van der Waals surface area contributed by atoms with E-state index in [0.29, 0.717) is 12.2 Å². The molecule has 1 heterocycles. The summed E-state index contributed by atoms with van der Waals surface area (Å²) in [6.45, 7) is 0.381. The Morgan fingerprint density at radius 2 is 1.63 bits per heavy atom. The summed E-state index contributed by atoms with van der Waals surface area (Å²) in [5.41, 5.74) is 4.22. The molecule has 1 N–H and O–H groups in total. The highest BCUT2D eigenvalue weighted by Crippen LogP contribution is 2.22. The van der Waals surface area contributed by atoms with Gasteiger partial charge < -0.3 is 10.1 Å². The zero-order valence-corrected chi connectivity index (χ0v) is 16.7. The Morgan fingerprint density at radius 1 is 0.900 bits per heavy atom. The number of nitrogens with one attached hydrogen (secondary N) is 1. The van der Waals surface area contributed by atoms with Crippen molar-refractivity contribution in [1.82, 2.24) is 10.3 Å². The van der Waals surface area contributed by atoms with Crippen molar-refractivity contribution in [2.24, 2.45) is 0 Å². The number of aromatic nitrogens is 1. The molecular weight excluding hydrogens is 372 g/mol. The Kier molecular flexibility index (Phi) is 5.85. The van der Waals surface area contributed by atoms with Crippen molar-refractivity contribution in [2.75, 3.05) is 7.05 Å². The fourth-order valence-corrected chi connectivity index (χ4v) is 3.21. The second-order valence-electron chi connectivity index (χ2n) is 6.86. The molecule has 0 saturated carbocycles. The van der Waals surface area contributed by atoms with E-state index >= 15 is 0 Å². The number of likely N-dealkylation sites (N-methyl/N-ethyl adjacent to an activating group) is 1. The Hall–Kier alpha value is -3.92. The summed E-state index contributed by atoms with van der Waals surface area (Å²) in [7, 11) is 1.63. The van der Waals surface area contributed by atoms with Gasteiger partial charge in [-0.2, -0.15) is 0 Å². The lowest BCUT2D eigenvalue weighted by Crippen LogP contribution is -2.19. The van der Waals surface area contributed by atoms with E-state index in [1.807, 2.05) is 97.1 Å². The molecule has 0 saturated heterocycles. The molecule has 0 aliphatic carbocycles. The van der Waals surface area contributed by atoms with Crippen LogP contribution in [0.4, 0.5) is 0 Å². The molecule has 0 aliphatic heterocycles. The quantitative estimate of drug-likeness (QED) is 0.366. The number of ether oxygens (including phenoxy) is 1. The van der Waals surface area contributed by atoms with Crippen LogP contribution < -0.4 is 10.1 Å². The summed E-state index contributed by atoms with van der Waals surface area (Å²) in [5, 5.41) is 3.82. The first-order valence-electron chi connectivity index (χ1n) is 9.80. The number of hydrogen-bond acceptors (Lipinski definition) is 3. The number of nitrogens with zero attached hydrogens (tertiary/aromatic N) is 1. The van der Waals surface area contributed by atoms with Gasteiger partial charge in [0.15, 0.2) is 0 Å². The van der Waals surface area contributed by atoms with E-state index in [0.717, 1.165) is 33.5 Å². The van der Waals surface area contributed by atoms with E-state index in [1.165, 1.54) is 0 Å². The van der Waals surface area contributed by atoms with Gasteiger partial charge in [-0.1, -0.05) is 66.7 Å². The van der Waals surface area contributed by atoms with Crippen LogP contribution in [0.1, 0.15) is 16.8 Å². The van der Waals surface area contributed by atoms with Gasteiger partial charge in [-0.25, -0.2) is 4.98 Å². The molecule has 0 bridgehead atoms. The summed E-state index contributed by atoms with van der Waals surface area (Å²) in [6, 6.07) is 29.4. The second-order valence-corrected chi connectivity index (χ2v) is 6.86. The standard InChI is InChI=1S/C26H22N2O2/c1-27-26(29)24(17-19-7-3-2-4-8-19)20-12-15-23(16-13-20)30-18-22-14-11-21-9-5-6-10-25(21)28-22/h2-17H,18H2,1H3,(H,27,29). The number of carbonyl (C=O) groups is 1. The molecule has 4 nitrogen and oxygen atoms in total. The van der Waals surface area contributed by atoms with Crippen LogP contribution >= 0.6 is 0 Å². The van der Waals surface area contributed by atoms with Crippen LogP contribution in [-0.4, -0.2) is 17.9 Å². The van der Waals surface area contributed by atoms with Gasteiger partial charge in [0.2, 0.25) is 0 Å². The molecule has 3 aromatic carbocycles. The molecule has 4 aromatic rings. The predicted molar refractivity (Wildman–Crippen MR) is 121 cm³/mol. The van der Waals surface area contributed by atoms with Crippen LogP contribution in [0.2, 0.25) is 0 Å². The molecular formula is C26H22N2O2. The molecule has 0 unspecified atom stereocenters. The molecule has 4 rings (SSSR count). The number of fused-ring (bicyclic) bond motifs is 1. The maximum absolute atomic E-state index is 12.4. The normalized spacial score (nSPS) is 11.3. The molecule has 0 spiro atoms. The van der Waals surface area contributed by atoms with Crippen LogP contribution in [0.3, 0.4) is 0 Å². The third-order valence-corrected chi connectivity index (χ3v) is 4.79. The van der Waals surface area contributed by atoms with Gasteiger partial charge in [-0.15, -0.1) is 0 Å². The van der Waals surface area contributed by atoms with Crippen molar-refractivity contribution in [3.63, 3.8) is 0 Å². The zero-order chi connectivity index (χ0) is 20.8. The molecule has 4 heteroatoms. The third kappa shape index (κ3) is 4.55. The Morgan fingerprint density at radius 3 is 2.40 bits per heavy atom. The highest BCUT2D eigenvalue weighted by Gasteiger charge is 2.11. The Labute approximate surface area is 175 Å². The van der Waals surface area contributed by atoms with E-state index in [4.69, 9.17) is 4.74 Å². The fraction of sp³-hybridized carbons (Fsp3) is 0.0769. The molecule has 1 aromatic heterocycles. The lowest BCUT2D eigenvalue weighted by atomic mass is 10.0. The van der Waals surface area contributed by atoms with Crippen molar-refractivity contribution < 1.29 is 9.53 Å². The molecule has 1 amide bonds. The number of pyridine rings is 1. The Bertz CT molecular complexity index is 1180. The SMILES string of the molecule is CNC(=O)C(=Cc1ccccc1)c1ccc(OCc2ccc3ccccc3n2)cc1. The average molecular weight is 394 g/mol. The van der Waals surface area contributed by atoms with Gasteiger partial charge in [-0.05, 0) is 41.5 Å². The first kappa shape index (κ1) is 19.4. The van der Waals surface area contributed by atoms with Crippen LogP contribution in [0.15, 0.2) is 91.0 Å². The molecule has 148 valence electrons. The summed E-state index contributed by atoms with van der Waals surface area (Å²) in [5.74, 6) is 0.595. The number of rotatable bonds is 6. The van der Waals surface area contributed by atoms with Crippen molar-refractivity contribution in [2.45, 2.75) is 6.61 Å². The molecule has 0 fully saturated rings. The van der Waals surface area contributed by atoms with Gasteiger partial charge in [0.05, 0.1) is 11.2 Å². The smallest absolute Gasteiger partial charge is 0.251 e. The van der Waals surface area contributed by atoms with E-state index < -0.39 is 0 Å². The molecule has 30 heavy (non-hydrogen) atoms. The monoisotopic (exact) mass is 394 g/mol. The highest BCUT2D eigenvalue weighted by molar-refractivity contribution is 6.24. The van der Waals surface area contributed by atoms with Gasteiger partial charge in [-0.3, -0.25) is 4.79 Å². The van der Waals surface area contributed by atoms with Crippen LogP contribution in [0.25, 0.3) is 22.6 Å². The van der Waals surface area contributed by atoms with E-state index in [1.54, 1.807) is 7.05 Å². The maximum atomic E-state index is 12.4. The van der Waals surface area contributed by atoms with Crippen molar-refractivity contribution in [3.8, 4) is 5.75 Å². The number of amides is 1. The van der Waals surface area contributed by atoms with Gasteiger partial charge in [0, 0.05) is 18.0 Å². The Balaban J connectivity index is 1.50. The van der Waals surface area contributed by atoms with Crippen LogP contribution in [0.5, 0.6) is 5.75 Å². The lowest BCUT2D eigenvalue weighted by Gasteiger charge is -2.10. The van der Waals surface area contributed by atoms with Gasteiger partial charge >= 0.3 is 0 Å².